The maximum absolute atomic E-state index is 13.4. The van der Waals surface area contributed by atoms with Crippen molar-refractivity contribution in [3.05, 3.63) is 41.6 Å². The fraction of sp³-hybridized carbons (Fsp3) is 0.444. The highest BCUT2D eigenvalue weighted by atomic mass is 19.4. The van der Waals surface area contributed by atoms with Crippen LogP contribution in [0, 0.1) is 0 Å². The number of aromatic nitrogens is 2. The van der Waals surface area contributed by atoms with Gasteiger partial charge in [-0.15, -0.1) is 0 Å². The van der Waals surface area contributed by atoms with Gasteiger partial charge in [0.1, 0.15) is 5.56 Å². The molecule has 0 amide bonds. The summed E-state index contributed by atoms with van der Waals surface area (Å²) >= 11 is 0. The van der Waals surface area contributed by atoms with Gasteiger partial charge in [0.25, 0.3) is 0 Å². The van der Waals surface area contributed by atoms with Crippen LogP contribution < -0.4 is 9.64 Å². The molecule has 0 radical (unpaired) electrons. The van der Waals surface area contributed by atoms with E-state index in [1.165, 1.54) is 4.90 Å². The summed E-state index contributed by atoms with van der Waals surface area (Å²) in [7, 11) is 1.56. The Morgan fingerprint density at radius 1 is 1.24 bits per heavy atom. The average molecular weight is 353 g/mol. The molecule has 0 atom stereocenters. The zero-order valence-electron chi connectivity index (χ0n) is 14.8. The van der Waals surface area contributed by atoms with Gasteiger partial charge in [-0.05, 0) is 30.0 Å². The Bertz CT molecular complexity index is 717. The molecule has 1 aromatic carbocycles. The van der Waals surface area contributed by atoms with Crippen molar-refractivity contribution < 1.29 is 17.9 Å². The highest BCUT2D eigenvalue weighted by molar-refractivity contribution is 5.63. The lowest BCUT2D eigenvalue weighted by Crippen LogP contribution is -2.19. The van der Waals surface area contributed by atoms with Crippen molar-refractivity contribution in [2.45, 2.75) is 39.3 Å². The molecule has 0 spiro atoms. The second-order valence-corrected chi connectivity index (χ2v) is 6.04. The molecule has 0 aliphatic carbocycles. The monoisotopic (exact) mass is 353 g/mol. The summed E-state index contributed by atoms with van der Waals surface area (Å²) in [5, 5.41) is 0. The van der Waals surface area contributed by atoms with E-state index in [-0.39, 0.29) is 17.7 Å². The van der Waals surface area contributed by atoms with E-state index in [0.29, 0.717) is 18.7 Å². The Balaban J connectivity index is 2.48. The van der Waals surface area contributed by atoms with E-state index >= 15 is 0 Å². The lowest BCUT2D eigenvalue weighted by atomic mass is 10.0. The molecule has 25 heavy (non-hydrogen) atoms. The third kappa shape index (κ3) is 4.61. The first-order chi connectivity index (χ1) is 11.7. The third-order valence-corrected chi connectivity index (χ3v) is 3.73. The van der Waals surface area contributed by atoms with E-state index in [0.717, 1.165) is 11.8 Å². The standard InChI is InChI=1S/C18H22F3N3O/c1-5-9-25-17-22-11-15(18(19,20)21)16(23-17)24(4)14-8-6-7-13(10-14)12(2)3/h6-8,10-12H,5,9H2,1-4H3. The van der Waals surface area contributed by atoms with Crippen molar-refractivity contribution in [2.75, 3.05) is 18.6 Å². The highest BCUT2D eigenvalue weighted by Gasteiger charge is 2.36. The number of hydrogen-bond donors (Lipinski definition) is 0. The number of alkyl halides is 3. The molecule has 0 aliphatic rings. The summed E-state index contributed by atoms with van der Waals surface area (Å²) in [6.07, 6.45) is -3.06. The summed E-state index contributed by atoms with van der Waals surface area (Å²) < 4.78 is 45.4. The topological polar surface area (TPSA) is 38.2 Å². The van der Waals surface area contributed by atoms with Crippen molar-refractivity contribution >= 4 is 11.5 Å². The van der Waals surface area contributed by atoms with E-state index in [4.69, 9.17) is 4.74 Å². The van der Waals surface area contributed by atoms with Gasteiger partial charge in [0.2, 0.25) is 0 Å². The van der Waals surface area contributed by atoms with Crippen LogP contribution in [0.1, 0.15) is 44.2 Å². The quantitative estimate of drug-likeness (QED) is 0.718. The lowest BCUT2D eigenvalue weighted by molar-refractivity contribution is -0.137. The first kappa shape index (κ1) is 19.0. The average Bonchev–Trinajstić information content (AvgIpc) is 2.58. The van der Waals surface area contributed by atoms with Crippen LogP contribution in [0.2, 0.25) is 0 Å². The van der Waals surface area contributed by atoms with Crippen molar-refractivity contribution in [2.24, 2.45) is 0 Å². The maximum atomic E-state index is 13.4. The van der Waals surface area contributed by atoms with Gasteiger partial charge in [0.15, 0.2) is 5.82 Å². The molecule has 0 saturated heterocycles. The van der Waals surface area contributed by atoms with Crippen LogP contribution in [0.5, 0.6) is 6.01 Å². The largest absolute Gasteiger partial charge is 0.463 e. The van der Waals surface area contributed by atoms with Gasteiger partial charge in [-0.2, -0.15) is 18.2 Å². The number of benzene rings is 1. The predicted molar refractivity (Wildman–Crippen MR) is 91.4 cm³/mol. The molecule has 0 aliphatic heterocycles. The first-order valence-electron chi connectivity index (χ1n) is 8.14. The van der Waals surface area contributed by atoms with Crippen LogP contribution in [-0.4, -0.2) is 23.6 Å². The minimum Gasteiger partial charge on any atom is -0.463 e. The van der Waals surface area contributed by atoms with Crippen LogP contribution in [0.3, 0.4) is 0 Å². The molecule has 0 N–H and O–H groups in total. The van der Waals surface area contributed by atoms with E-state index in [9.17, 15) is 13.2 Å². The van der Waals surface area contributed by atoms with E-state index in [1.807, 2.05) is 39.0 Å². The minimum absolute atomic E-state index is 0.0586. The number of nitrogens with zero attached hydrogens (tertiary/aromatic N) is 3. The smallest absolute Gasteiger partial charge is 0.421 e. The molecule has 0 unspecified atom stereocenters. The SMILES string of the molecule is CCCOc1ncc(C(F)(F)F)c(N(C)c2cccc(C(C)C)c2)n1. The number of ether oxygens (including phenoxy) is 1. The van der Waals surface area contributed by atoms with Crippen molar-refractivity contribution in [3.8, 4) is 6.01 Å². The Hall–Kier alpha value is -2.31. The molecule has 2 rings (SSSR count). The lowest BCUT2D eigenvalue weighted by Gasteiger charge is -2.23. The Morgan fingerprint density at radius 2 is 1.96 bits per heavy atom. The number of rotatable bonds is 6. The highest BCUT2D eigenvalue weighted by Crippen LogP contribution is 2.38. The molecule has 136 valence electrons. The third-order valence-electron chi connectivity index (χ3n) is 3.73. The second kappa shape index (κ2) is 7.72. The summed E-state index contributed by atoms with van der Waals surface area (Å²) in [5.74, 6) is 0.0405. The van der Waals surface area contributed by atoms with Crippen LogP contribution in [0.15, 0.2) is 30.5 Å². The van der Waals surface area contributed by atoms with E-state index < -0.39 is 11.7 Å². The normalized spacial score (nSPS) is 11.7. The number of anilines is 2. The molecular formula is C18H22F3N3O. The molecule has 0 fully saturated rings. The Morgan fingerprint density at radius 3 is 2.56 bits per heavy atom. The van der Waals surface area contributed by atoms with Crippen LogP contribution in [0.25, 0.3) is 0 Å². The predicted octanol–water partition coefficient (Wildman–Crippen LogP) is 5.18. The maximum Gasteiger partial charge on any atom is 0.421 e. The zero-order valence-corrected chi connectivity index (χ0v) is 14.8. The summed E-state index contributed by atoms with van der Waals surface area (Å²) in [4.78, 5) is 9.10. The summed E-state index contributed by atoms with van der Waals surface area (Å²) in [6.45, 7) is 6.30. The van der Waals surface area contributed by atoms with Gasteiger partial charge < -0.3 is 9.64 Å². The molecule has 1 aromatic heterocycles. The van der Waals surface area contributed by atoms with Gasteiger partial charge in [-0.1, -0.05) is 32.9 Å². The van der Waals surface area contributed by atoms with Crippen LogP contribution in [-0.2, 0) is 6.18 Å². The van der Waals surface area contributed by atoms with Crippen molar-refractivity contribution in [1.82, 2.24) is 9.97 Å². The molecular weight excluding hydrogens is 331 g/mol. The van der Waals surface area contributed by atoms with Crippen LogP contribution >= 0.6 is 0 Å². The van der Waals surface area contributed by atoms with Gasteiger partial charge in [-0.25, -0.2) is 4.98 Å². The summed E-state index contributed by atoms with van der Waals surface area (Å²) in [6, 6.07) is 7.32. The van der Waals surface area contributed by atoms with E-state index in [2.05, 4.69) is 9.97 Å². The fourth-order valence-corrected chi connectivity index (χ4v) is 2.29. The Labute approximate surface area is 145 Å². The van der Waals surface area contributed by atoms with Crippen molar-refractivity contribution in [1.29, 1.82) is 0 Å². The fourth-order valence-electron chi connectivity index (χ4n) is 2.29. The van der Waals surface area contributed by atoms with Crippen molar-refractivity contribution in [3.63, 3.8) is 0 Å². The van der Waals surface area contributed by atoms with Gasteiger partial charge in [0, 0.05) is 18.9 Å². The van der Waals surface area contributed by atoms with Crippen LogP contribution in [0.4, 0.5) is 24.7 Å². The molecule has 2 aromatic rings. The number of hydrogen-bond acceptors (Lipinski definition) is 4. The minimum atomic E-state index is -4.55. The molecule has 0 saturated carbocycles. The molecule has 1 heterocycles. The Kier molecular flexibility index (Phi) is 5.87. The van der Waals surface area contributed by atoms with Gasteiger partial charge in [-0.3, -0.25) is 0 Å². The first-order valence-corrected chi connectivity index (χ1v) is 8.14. The zero-order chi connectivity index (χ0) is 18.6. The van der Waals surface area contributed by atoms with Gasteiger partial charge >= 0.3 is 12.2 Å². The van der Waals surface area contributed by atoms with Gasteiger partial charge in [0.05, 0.1) is 6.61 Å². The molecule has 0 bridgehead atoms. The second-order valence-electron chi connectivity index (χ2n) is 6.04. The summed E-state index contributed by atoms with van der Waals surface area (Å²) in [5.41, 5.74) is 0.764. The number of halogens is 3. The molecule has 4 nitrogen and oxygen atoms in total. The van der Waals surface area contributed by atoms with E-state index in [1.54, 1.807) is 13.1 Å². The molecule has 7 heteroatoms.